The first-order valence-corrected chi connectivity index (χ1v) is 7.50. The molecule has 3 rings (SSSR count). The molecule has 0 aliphatic heterocycles. The van der Waals surface area contributed by atoms with Crippen LogP contribution in [0, 0.1) is 0 Å². The summed E-state index contributed by atoms with van der Waals surface area (Å²) >= 11 is 0. The van der Waals surface area contributed by atoms with Gasteiger partial charge in [-0.2, -0.15) is 0 Å². The number of hydrazine groups is 1. The standard InChI is InChI=1S/C18H22N2/c19-20-18(15-8-2-1-3-9-15)13-16-11-6-10-14-7-4-5-12-17(14)16/h4-8,10-12,18,20H,1-3,9,13,19H2. The molecule has 2 nitrogen and oxygen atoms in total. The van der Waals surface area contributed by atoms with E-state index in [0.29, 0.717) is 0 Å². The third-order valence-corrected chi connectivity index (χ3v) is 4.28. The average Bonchev–Trinajstić information content (AvgIpc) is 2.53. The van der Waals surface area contributed by atoms with Crippen LogP contribution in [0.1, 0.15) is 31.2 Å². The van der Waals surface area contributed by atoms with Gasteiger partial charge in [-0.05, 0) is 48.4 Å². The fourth-order valence-corrected chi connectivity index (χ4v) is 3.17. The third kappa shape index (κ3) is 2.77. The highest BCUT2D eigenvalue weighted by Crippen LogP contribution is 2.25. The topological polar surface area (TPSA) is 38.0 Å². The number of fused-ring (bicyclic) bond motifs is 1. The lowest BCUT2D eigenvalue weighted by Gasteiger charge is -2.23. The summed E-state index contributed by atoms with van der Waals surface area (Å²) in [5, 5.41) is 2.64. The van der Waals surface area contributed by atoms with E-state index >= 15 is 0 Å². The molecule has 0 bridgehead atoms. The van der Waals surface area contributed by atoms with Crippen LogP contribution in [-0.4, -0.2) is 6.04 Å². The Labute approximate surface area is 120 Å². The molecule has 2 heteroatoms. The van der Waals surface area contributed by atoms with Gasteiger partial charge in [-0.15, -0.1) is 0 Å². The Kier molecular flexibility index (Phi) is 4.14. The van der Waals surface area contributed by atoms with Gasteiger partial charge in [0.25, 0.3) is 0 Å². The van der Waals surface area contributed by atoms with Gasteiger partial charge >= 0.3 is 0 Å². The van der Waals surface area contributed by atoms with Gasteiger partial charge in [-0.1, -0.05) is 54.1 Å². The number of rotatable bonds is 4. The summed E-state index contributed by atoms with van der Waals surface area (Å²) in [7, 11) is 0. The number of hydrogen-bond acceptors (Lipinski definition) is 2. The zero-order valence-corrected chi connectivity index (χ0v) is 11.8. The minimum atomic E-state index is 0.265. The molecule has 0 amide bonds. The lowest BCUT2D eigenvalue weighted by atomic mass is 9.89. The molecule has 0 spiro atoms. The molecule has 0 aromatic heterocycles. The second-order valence-electron chi connectivity index (χ2n) is 5.59. The second-order valence-corrected chi connectivity index (χ2v) is 5.59. The van der Waals surface area contributed by atoms with Gasteiger partial charge in [0.2, 0.25) is 0 Å². The number of allylic oxidation sites excluding steroid dienone is 1. The van der Waals surface area contributed by atoms with E-state index in [-0.39, 0.29) is 6.04 Å². The van der Waals surface area contributed by atoms with E-state index in [4.69, 9.17) is 5.84 Å². The zero-order valence-electron chi connectivity index (χ0n) is 11.8. The van der Waals surface area contributed by atoms with E-state index in [1.807, 2.05) is 0 Å². The van der Waals surface area contributed by atoms with Crippen LogP contribution in [0.4, 0.5) is 0 Å². The van der Waals surface area contributed by atoms with E-state index in [9.17, 15) is 0 Å². The maximum Gasteiger partial charge on any atom is 0.0460 e. The Hall–Kier alpha value is -1.64. The first-order chi connectivity index (χ1) is 9.88. The molecule has 2 aromatic carbocycles. The van der Waals surface area contributed by atoms with Gasteiger partial charge in [-0.25, -0.2) is 0 Å². The highest BCUT2D eigenvalue weighted by Gasteiger charge is 2.16. The molecule has 3 N–H and O–H groups in total. The van der Waals surface area contributed by atoms with Crippen molar-refractivity contribution in [1.82, 2.24) is 5.43 Å². The molecule has 1 unspecified atom stereocenters. The fraction of sp³-hybridized carbons (Fsp3) is 0.333. The van der Waals surface area contributed by atoms with Crippen LogP contribution in [0.3, 0.4) is 0 Å². The van der Waals surface area contributed by atoms with Crippen molar-refractivity contribution in [3.63, 3.8) is 0 Å². The Balaban J connectivity index is 1.89. The Bertz CT molecular complexity index is 610. The SMILES string of the molecule is NNC(Cc1cccc2ccccc12)C1=CCCCC1. The van der Waals surface area contributed by atoms with E-state index in [0.717, 1.165) is 6.42 Å². The minimum Gasteiger partial charge on any atom is -0.271 e. The normalized spacial score (nSPS) is 16.9. The van der Waals surface area contributed by atoms with Crippen molar-refractivity contribution in [2.75, 3.05) is 0 Å². The first-order valence-electron chi connectivity index (χ1n) is 7.50. The average molecular weight is 266 g/mol. The van der Waals surface area contributed by atoms with Crippen molar-refractivity contribution >= 4 is 10.8 Å². The summed E-state index contributed by atoms with van der Waals surface area (Å²) in [6, 6.07) is 15.4. The van der Waals surface area contributed by atoms with Crippen molar-refractivity contribution in [3.8, 4) is 0 Å². The monoisotopic (exact) mass is 266 g/mol. The van der Waals surface area contributed by atoms with Gasteiger partial charge in [0, 0.05) is 6.04 Å². The van der Waals surface area contributed by atoms with Crippen LogP contribution in [0.25, 0.3) is 10.8 Å². The fourth-order valence-electron chi connectivity index (χ4n) is 3.17. The predicted octanol–water partition coefficient (Wildman–Crippen LogP) is 3.71. The van der Waals surface area contributed by atoms with Crippen LogP contribution in [0.5, 0.6) is 0 Å². The van der Waals surface area contributed by atoms with Crippen LogP contribution in [0.15, 0.2) is 54.1 Å². The largest absolute Gasteiger partial charge is 0.271 e. The number of hydrogen-bond donors (Lipinski definition) is 2. The summed E-state index contributed by atoms with van der Waals surface area (Å²) in [6.07, 6.45) is 8.32. The Morgan fingerprint density at radius 1 is 1.05 bits per heavy atom. The van der Waals surface area contributed by atoms with E-state index in [2.05, 4.69) is 54.0 Å². The smallest absolute Gasteiger partial charge is 0.0460 e. The quantitative estimate of drug-likeness (QED) is 0.503. The summed E-state index contributed by atoms with van der Waals surface area (Å²) in [5.41, 5.74) is 5.87. The lowest BCUT2D eigenvalue weighted by Crippen LogP contribution is -2.38. The maximum atomic E-state index is 5.80. The van der Waals surface area contributed by atoms with Crippen molar-refractivity contribution in [2.45, 2.75) is 38.1 Å². The first kappa shape index (κ1) is 13.3. The lowest BCUT2D eigenvalue weighted by molar-refractivity contribution is 0.543. The van der Waals surface area contributed by atoms with Gasteiger partial charge in [-0.3, -0.25) is 11.3 Å². The molecule has 20 heavy (non-hydrogen) atoms. The molecule has 0 saturated carbocycles. The Morgan fingerprint density at radius 3 is 2.70 bits per heavy atom. The summed E-state index contributed by atoms with van der Waals surface area (Å²) in [4.78, 5) is 0. The molecule has 0 saturated heterocycles. The summed E-state index contributed by atoms with van der Waals surface area (Å²) in [5.74, 6) is 5.80. The Morgan fingerprint density at radius 2 is 1.90 bits per heavy atom. The van der Waals surface area contributed by atoms with Gasteiger partial charge < -0.3 is 0 Å². The van der Waals surface area contributed by atoms with E-state index < -0.39 is 0 Å². The highest BCUT2D eigenvalue weighted by molar-refractivity contribution is 5.85. The maximum absolute atomic E-state index is 5.80. The van der Waals surface area contributed by atoms with Crippen LogP contribution in [-0.2, 0) is 6.42 Å². The van der Waals surface area contributed by atoms with Crippen molar-refractivity contribution in [1.29, 1.82) is 0 Å². The minimum absolute atomic E-state index is 0.265. The molecule has 1 atom stereocenters. The summed E-state index contributed by atoms with van der Waals surface area (Å²) < 4.78 is 0. The van der Waals surface area contributed by atoms with Crippen molar-refractivity contribution in [2.24, 2.45) is 5.84 Å². The number of benzene rings is 2. The molecule has 2 aromatic rings. The van der Waals surface area contributed by atoms with Crippen molar-refractivity contribution < 1.29 is 0 Å². The molecular weight excluding hydrogens is 244 g/mol. The van der Waals surface area contributed by atoms with Gasteiger partial charge in [0.05, 0.1) is 0 Å². The van der Waals surface area contributed by atoms with Gasteiger partial charge in [0.1, 0.15) is 0 Å². The van der Waals surface area contributed by atoms with Crippen molar-refractivity contribution in [3.05, 3.63) is 59.7 Å². The van der Waals surface area contributed by atoms with Gasteiger partial charge in [0.15, 0.2) is 0 Å². The molecule has 0 radical (unpaired) electrons. The molecule has 0 heterocycles. The third-order valence-electron chi connectivity index (χ3n) is 4.28. The molecular formula is C18H22N2. The second kappa shape index (κ2) is 6.21. The predicted molar refractivity (Wildman–Crippen MR) is 85.3 cm³/mol. The zero-order chi connectivity index (χ0) is 13.8. The van der Waals surface area contributed by atoms with Crippen LogP contribution in [0.2, 0.25) is 0 Å². The van der Waals surface area contributed by atoms with Crippen LogP contribution < -0.4 is 11.3 Å². The van der Waals surface area contributed by atoms with E-state index in [1.165, 1.54) is 47.6 Å². The summed E-state index contributed by atoms with van der Waals surface area (Å²) in [6.45, 7) is 0. The molecule has 1 aliphatic rings. The number of nitrogens with two attached hydrogens (primary N) is 1. The highest BCUT2D eigenvalue weighted by atomic mass is 15.2. The number of nitrogens with one attached hydrogen (secondary N) is 1. The molecule has 104 valence electrons. The van der Waals surface area contributed by atoms with Crippen LogP contribution >= 0.6 is 0 Å². The van der Waals surface area contributed by atoms with E-state index in [1.54, 1.807) is 0 Å². The molecule has 0 fully saturated rings. The molecule has 1 aliphatic carbocycles.